The van der Waals surface area contributed by atoms with Crippen molar-refractivity contribution >= 4 is 17.5 Å². The molecule has 5 nitrogen and oxygen atoms in total. The molecule has 0 aliphatic carbocycles. The molecular weight excluding hydrogens is 227 g/mol. The Bertz CT molecular complexity index is 476. The van der Waals surface area contributed by atoms with Gasteiger partial charge in [-0.2, -0.15) is 0 Å². The third kappa shape index (κ3) is 2.52. The van der Waals surface area contributed by atoms with Crippen molar-refractivity contribution in [2.75, 3.05) is 5.32 Å². The number of hydrogen-bond donors (Lipinski definition) is 3. The number of nitrogens with one attached hydrogen (secondary N) is 2. The molecule has 0 spiro atoms. The number of benzene rings is 1. The normalized spacial score (nSPS) is 18.9. The summed E-state index contributed by atoms with van der Waals surface area (Å²) in [6, 6.07) is 2.82. The largest absolute Gasteiger partial charge is 0.508 e. The first-order valence-electron chi connectivity index (χ1n) is 5.15. The number of hydrogen-bond acceptors (Lipinski definition) is 3. The Kier molecular flexibility index (Phi) is 2.95. The van der Waals surface area contributed by atoms with E-state index < -0.39 is 17.8 Å². The first-order valence-corrected chi connectivity index (χ1v) is 5.15. The number of anilines is 1. The Hall–Kier alpha value is -2.11. The minimum absolute atomic E-state index is 0.0195. The van der Waals surface area contributed by atoms with Crippen molar-refractivity contribution in [3.8, 4) is 5.75 Å². The molecule has 1 aromatic rings. The molecule has 2 amide bonds. The van der Waals surface area contributed by atoms with Gasteiger partial charge >= 0.3 is 0 Å². The summed E-state index contributed by atoms with van der Waals surface area (Å²) in [5.41, 5.74) is -0.0195. The number of rotatable bonds is 2. The van der Waals surface area contributed by atoms with Gasteiger partial charge in [0.05, 0.1) is 5.69 Å². The number of halogens is 1. The van der Waals surface area contributed by atoms with E-state index in [1.165, 1.54) is 12.1 Å². The predicted molar refractivity (Wildman–Crippen MR) is 57.9 cm³/mol. The number of carbonyl (C=O) groups is 2. The van der Waals surface area contributed by atoms with Crippen LogP contribution in [-0.2, 0) is 9.59 Å². The highest BCUT2D eigenvalue weighted by atomic mass is 19.1. The molecule has 17 heavy (non-hydrogen) atoms. The maximum Gasteiger partial charge on any atom is 0.247 e. The van der Waals surface area contributed by atoms with Crippen molar-refractivity contribution in [1.82, 2.24) is 5.32 Å². The van der Waals surface area contributed by atoms with Crippen LogP contribution in [0.3, 0.4) is 0 Å². The summed E-state index contributed by atoms with van der Waals surface area (Å²) >= 11 is 0. The molecule has 6 heteroatoms. The molecule has 0 aromatic heterocycles. The van der Waals surface area contributed by atoms with Crippen LogP contribution < -0.4 is 10.6 Å². The molecule has 1 heterocycles. The van der Waals surface area contributed by atoms with E-state index in [0.29, 0.717) is 12.8 Å². The highest BCUT2D eigenvalue weighted by Gasteiger charge is 2.27. The van der Waals surface area contributed by atoms with Crippen molar-refractivity contribution in [3.63, 3.8) is 0 Å². The Morgan fingerprint density at radius 1 is 1.53 bits per heavy atom. The van der Waals surface area contributed by atoms with Crippen LogP contribution in [0, 0.1) is 5.82 Å². The van der Waals surface area contributed by atoms with Crippen LogP contribution in [0.15, 0.2) is 18.2 Å². The second-order valence-corrected chi connectivity index (χ2v) is 3.81. The maximum atomic E-state index is 13.3. The minimum Gasteiger partial charge on any atom is -0.508 e. The average molecular weight is 238 g/mol. The zero-order valence-electron chi connectivity index (χ0n) is 8.87. The van der Waals surface area contributed by atoms with E-state index in [-0.39, 0.29) is 17.3 Å². The van der Waals surface area contributed by atoms with Gasteiger partial charge in [-0.1, -0.05) is 0 Å². The van der Waals surface area contributed by atoms with E-state index in [4.69, 9.17) is 5.11 Å². The highest BCUT2D eigenvalue weighted by Crippen LogP contribution is 2.20. The van der Waals surface area contributed by atoms with Crippen LogP contribution in [0.2, 0.25) is 0 Å². The minimum atomic E-state index is -0.720. The first-order chi connectivity index (χ1) is 8.06. The van der Waals surface area contributed by atoms with E-state index in [9.17, 15) is 14.0 Å². The smallest absolute Gasteiger partial charge is 0.247 e. The van der Waals surface area contributed by atoms with Crippen LogP contribution in [0.1, 0.15) is 12.8 Å². The van der Waals surface area contributed by atoms with Crippen molar-refractivity contribution in [2.45, 2.75) is 18.9 Å². The van der Waals surface area contributed by atoms with Gasteiger partial charge in [0.2, 0.25) is 11.8 Å². The SMILES string of the molecule is O=C1CC[C@H](C(=O)Nc2ccc(O)cc2F)N1. The number of amides is 2. The highest BCUT2D eigenvalue weighted by molar-refractivity contribution is 5.99. The third-order valence-corrected chi connectivity index (χ3v) is 2.52. The fraction of sp³-hybridized carbons (Fsp3) is 0.273. The van der Waals surface area contributed by atoms with Gasteiger partial charge in [-0.15, -0.1) is 0 Å². The van der Waals surface area contributed by atoms with Crippen LogP contribution in [0.25, 0.3) is 0 Å². The summed E-state index contributed by atoms with van der Waals surface area (Å²) in [5.74, 6) is -1.57. The summed E-state index contributed by atoms with van der Waals surface area (Å²) in [6.45, 7) is 0. The van der Waals surface area contributed by atoms with Crippen LogP contribution in [-0.4, -0.2) is 23.0 Å². The lowest BCUT2D eigenvalue weighted by Crippen LogP contribution is -2.37. The van der Waals surface area contributed by atoms with Crippen molar-refractivity contribution < 1.29 is 19.1 Å². The van der Waals surface area contributed by atoms with E-state index in [1.807, 2.05) is 0 Å². The van der Waals surface area contributed by atoms with Gasteiger partial charge < -0.3 is 15.7 Å². The van der Waals surface area contributed by atoms with Gasteiger partial charge in [-0.3, -0.25) is 9.59 Å². The van der Waals surface area contributed by atoms with Gasteiger partial charge in [-0.25, -0.2) is 4.39 Å². The lowest BCUT2D eigenvalue weighted by molar-refractivity contribution is -0.122. The van der Waals surface area contributed by atoms with E-state index >= 15 is 0 Å². The standard InChI is InChI=1S/C11H11FN2O3/c12-7-5-6(15)1-2-8(7)14-11(17)9-3-4-10(16)13-9/h1-2,5,9,15H,3-4H2,(H,13,16)(H,14,17)/t9-/m1/s1. The Morgan fingerprint density at radius 2 is 2.29 bits per heavy atom. The topological polar surface area (TPSA) is 78.4 Å². The van der Waals surface area contributed by atoms with E-state index in [0.717, 1.165) is 6.07 Å². The number of aromatic hydroxyl groups is 1. The summed E-state index contributed by atoms with van der Waals surface area (Å²) in [5, 5.41) is 13.9. The molecule has 1 saturated heterocycles. The lowest BCUT2D eigenvalue weighted by atomic mass is 10.2. The summed E-state index contributed by atoms with van der Waals surface area (Å²) in [6.07, 6.45) is 0.709. The number of phenolic OH excluding ortho intramolecular Hbond substituents is 1. The average Bonchev–Trinajstić information content (AvgIpc) is 2.69. The molecule has 2 rings (SSSR count). The molecule has 3 N–H and O–H groups in total. The summed E-state index contributed by atoms with van der Waals surface area (Å²) < 4.78 is 13.3. The zero-order valence-corrected chi connectivity index (χ0v) is 8.87. The molecule has 0 saturated carbocycles. The van der Waals surface area contributed by atoms with Crippen LogP contribution in [0.5, 0.6) is 5.75 Å². The summed E-state index contributed by atoms with van der Waals surface area (Å²) in [4.78, 5) is 22.6. The second-order valence-electron chi connectivity index (χ2n) is 3.81. The Labute approximate surface area is 96.6 Å². The molecule has 90 valence electrons. The summed E-state index contributed by atoms with van der Waals surface area (Å²) in [7, 11) is 0. The fourth-order valence-corrected chi connectivity index (χ4v) is 1.64. The van der Waals surface area contributed by atoms with Gasteiger partial charge in [0.25, 0.3) is 0 Å². The molecular formula is C11H11FN2O3. The molecule has 1 atom stereocenters. The first kappa shape index (κ1) is 11.4. The predicted octanol–water partition coefficient (Wildman–Crippen LogP) is 0.748. The van der Waals surface area contributed by atoms with Crippen molar-refractivity contribution in [2.24, 2.45) is 0 Å². The zero-order chi connectivity index (χ0) is 12.4. The fourth-order valence-electron chi connectivity index (χ4n) is 1.64. The molecule has 0 bridgehead atoms. The van der Waals surface area contributed by atoms with E-state index in [1.54, 1.807) is 0 Å². The molecule has 1 fully saturated rings. The molecule has 0 unspecified atom stereocenters. The van der Waals surface area contributed by atoms with Crippen LogP contribution >= 0.6 is 0 Å². The van der Waals surface area contributed by atoms with Crippen LogP contribution in [0.4, 0.5) is 10.1 Å². The van der Waals surface area contributed by atoms with Crippen molar-refractivity contribution in [1.29, 1.82) is 0 Å². The quantitative estimate of drug-likeness (QED) is 0.665. The van der Waals surface area contributed by atoms with E-state index in [2.05, 4.69) is 10.6 Å². The molecule has 1 aromatic carbocycles. The Balaban J connectivity index is 2.05. The van der Waals surface area contributed by atoms with Gasteiger partial charge in [-0.05, 0) is 18.6 Å². The van der Waals surface area contributed by atoms with Gasteiger partial charge in [0, 0.05) is 12.5 Å². The molecule has 0 radical (unpaired) electrons. The molecule has 1 aliphatic rings. The van der Waals surface area contributed by atoms with Gasteiger partial charge in [0.1, 0.15) is 17.6 Å². The third-order valence-electron chi connectivity index (χ3n) is 2.52. The maximum absolute atomic E-state index is 13.3. The van der Waals surface area contributed by atoms with Gasteiger partial charge in [0.15, 0.2) is 0 Å². The molecule has 1 aliphatic heterocycles. The second kappa shape index (κ2) is 4.40. The lowest BCUT2D eigenvalue weighted by Gasteiger charge is -2.11. The number of phenols is 1. The Morgan fingerprint density at radius 3 is 2.88 bits per heavy atom. The van der Waals surface area contributed by atoms with Crippen molar-refractivity contribution in [3.05, 3.63) is 24.0 Å². The number of carbonyl (C=O) groups excluding carboxylic acids is 2. The monoisotopic (exact) mass is 238 g/mol.